The molecule has 0 saturated heterocycles. The van der Waals surface area contributed by atoms with Gasteiger partial charge in [0.05, 0.1) is 23.1 Å². The number of rotatable bonds is 4. The Labute approximate surface area is 156 Å². The van der Waals surface area contributed by atoms with Gasteiger partial charge in [-0.25, -0.2) is 4.98 Å². The minimum Gasteiger partial charge on any atom is -0.354 e. The third-order valence-corrected chi connectivity index (χ3v) is 6.50. The summed E-state index contributed by atoms with van der Waals surface area (Å²) in [5.74, 6) is 0.516. The van der Waals surface area contributed by atoms with Gasteiger partial charge in [0.1, 0.15) is 5.01 Å². The lowest BCUT2D eigenvalue weighted by Crippen LogP contribution is -2.21. The fourth-order valence-electron chi connectivity index (χ4n) is 3.10. The molecule has 0 aliphatic carbocycles. The predicted octanol–water partition coefficient (Wildman–Crippen LogP) is 5.93. The number of aromatic nitrogens is 1. The average molecular weight is 368 g/mol. The Bertz CT molecular complexity index is 901. The molecule has 3 aromatic rings. The molecule has 2 heterocycles. The number of hydrogen-bond acceptors (Lipinski definition) is 5. The van der Waals surface area contributed by atoms with Crippen LogP contribution < -0.4 is 10.6 Å². The van der Waals surface area contributed by atoms with Gasteiger partial charge in [-0.3, -0.25) is 0 Å². The molecule has 1 aromatic heterocycles. The number of thiazole rings is 1. The summed E-state index contributed by atoms with van der Waals surface area (Å²) in [4.78, 5) is 7.42. The summed E-state index contributed by atoms with van der Waals surface area (Å²) >= 11 is 3.55. The van der Waals surface area contributed by atoms with E-state index in [0.29, 0.717) is 12.0 Å². The zero-order valence-electron chi connectivity index (χ0n) is 14.5. The summed E-state index contributed by atoms with van der Waals surface area (Å²) in [6.45, 7) is 4.44. The van der Waals surface area contributed by atoms with Crippen LogP contribution in [0.25, 0.3) is 11.3 Å². The monoisotopic (exact) mass is 367 g/mol. The standard InChI is InChI=1S/C20H21N3S2/c1-12(2)19(21-3)20-23-16(11-24-20)13-8-9-18-15(10-13)22-14-6-4-5-7-17(14)25-18/h4-12,19,21-22H,1-3H3/t19-/m1/s1. The third-order valence-electron chi connectivity index (χ3n) is 4.42. The van der Waals surface area contributed by atoms with Gasteiger partial charge >= 0.3 is 0 Å². The predicted molar refractivity (Wildman–Crippen MR) is 108 cm³/mol. The summed E-state index contributed by atoms with van der Waals surface area (Å²) in [5.41, 5.74) is 4.54. The number of para-hydroxylation sites is 1. The highest BCUT2D eigenvalue weighted by atomic mass is 32.2. The smallest absolute Gasteiger partial charge is 0.111 e. The fraction of sp³-hybridized carbons (Fsp3) is 0.250. The Morgan fingerprint density at radius 2 is 1.84 bits per heavy atom. The highest BCUT2D eigenvalue weighted by Gasteiger charge is 2.19. The largest absolute Gasteiger partial charge is 0.354 e. The van der Waals surface area contributed by atoms with Crippen molar-refractivity contribution in [2.45, 2.75) is 29.7 Å². The second-order valence-corrected chi connectivity index (χ2v) is 8.49. The van der Waals surface area contributed by atoms with Crippen molar-refractivity contribution in [2.75, 3.05) is 12.4 Å². The molecule has 4 rings (SSSR count). The van der Waals surface area contributed by atoms with Crippen molar-refractivity contribution in [1.29, 1.82) is 0 Å². The lowest BCUT2D eigenvalue weighted by Gasteiger charge is -2.21. The minimum atomic E-state index is 0.303. The minimum absolute atomic E-state index is 0.303. The molecular formula is C20H21N3S2. The van der Waals surface area contributed by atoms with E-state index in [1.165, 1.54) is 15.5 Å². The zero-order chi connectivity index (χ0) is 17.4. The van der Waals surface area contributed by atoms with Crippen molar-refractivity contribution in [1.82, 2.24) is 10.3 Å². The molecule has 128 valence electrons. The van der Waals surface area contributed by atoms with Crippen LogP contribution in [0, 0.1) is 5.92 Å². The molecule has 0 unspecified atom stereocenters. The molecule has 2 N–H and O–H groups in total. The average Bonchev–Trinajstić information content (AvgIpc) is 3.09. The van der Waals surface area contributed by atoms with Crippen LogP contribution in [0.15, 0.2) is 57.6 Å². The van der Waals surface area contributed by atoms with Gasteiger partial charge in [-0.2, -0.15) is 0 Å². The third kappa shape index (κ3) is 3.19. The molecule has 0 amide bonds. The van der Waals surface area contributed by atoms with Gasteiger partial charge in [0.2, 0.25) is 0 Å². The van der Waals surface area contributed by atoms with Crippen LogP contribution >= 0.6 is 23.1 Å². The van der Waals surface area contributed by atoms with Crippen LogP contribution in [0.3, 0.4) is 0 Å². The van der Waals surface area contributed by atoms with E-state index in [4.69, 9.17) is 4.98 Å². The maximum absolute atomic E-state index is 4.89. The van der Waals surface area contributed by atoms with Crippen LogP contribution in [0.5, 0.6) is 0 Å². The van der Waals surface area contributed by atoms with Crippen molar-refractivity contribution in [3.05, 3.63) is 52.9 Å². The van der Waals surface area contributed by atoms with Crippen molar-refractivity contribution in [3.63, 3.8) is 0 Å². The topological polar surface area (TPSA) is 37.0 Å². The maximum Gasteiger partial charge on any atom is 0.111 e. The van der Waals surface area contributed by atoms with Crippen molar-refractivity contribution in [3.8, 4) is 11.3 Å². The first-order valence-electron chi connectivity index (χ1n) is 8.46. The molecule has 5 heteroatoms. The normalized spacial score (nSPS) is 13.9. The summed E-state index contributed by atoms with van der Waals surface area (Å²) in [6.07, 6.45) is 0. The molecule has 1 atom stereocenters. The summed E-state index contributed by atoms with van der Waals surface area (Å²) in [5, 5.41) is 10.2. The van der Waals surface area contributed by atoms with E-state index in [1.807, 2.05) is 18.8 Å². The molecule has 1 aliphatic rings. The summed E-state index contributed by atoms with van der Waals surface area (Å²) in [6, 6.07) is 15.3. The first-order chi connectivity index (χ1) is 12.2. The van der Waals surface area contributed by atoms with Crippen LogP contribution in [0.2, 0.25) is 0 Å². The van der Waals surface area contributed by atoms with Gasteiger partial charge in [0, 0.05) is 20.7 Å². The molecule has 0 bridgehead atoms. The summed E-state index contributed by atoms with van der Waals surface area (Å²) in [7, 11) is 2.00. The summed E-state index contributed by atoms with van der Waals surface area (Å²) < 4.78 is 0. The van der Waals surface area contributed by atoms with Crippen LogP contribution in [-0.2, 0) is 0 Å². The first kappa shape index (κ1) is 16.6. The fourth-order valence-corrected chi connectivity index (χ4v) is 5.18. The quantitative estimate of drug-likeness (QED) is 0.468. The van der Waals surface area contributed by atoms with E-state index in [2.05, 4.69) is 72.3 Å². The molecule has 0 spiro atoms. The van der Waals surface area contributed by atoms with Crippen molar-refractivity contribution in [2.24, 2.45) is 5.92 Å². The highest BCUT2D eigenvalue weighted by Crippen LogP contribution is 2.45. The molecule has 3 nitrogen and oxygen atoms in total. The zero-order valence-corrected chi connectivity index (χ0v) is 16.2. The second-order valence-electron chi connectivity index (χ2n) is 6.52. The SMILES string of the molecule is CN[C@@H](c1nc(-c2ccc3c(c2)Nc2ccccc2S3)cs1)C(C)C. The molecule has 25 heavy (non-hydrogen) atoms. The molecule has 2 aromatic carbocycles. The Morgan fingerprint density at radius 1 is 1.04 bits per heavy atom. The molecule has 0 radical (unpaired) electrons. The highest BCUT2D eigenvalue weighted by molar-refractivity contribution is 7.99. The Morgan fingerprint density at radius 3 is 2.64 bits per heavy atom. The van der Waals surface area contributed by atoms with Gasteiger partial charge in [-0.1, -0.05) is 43.8 Å². The van der Waals surface area contributed by atoms with Crippen LogP contribution in [0.4, 0.5) is 11.4 Å². The van der Waals surface area contributed by atoms with Gasteiger partial charge in [-0.15, -0.1) is 11.3 Å². The van der Waals surface area contributed by atoms with Crippen LogP contribution in [0.1, 0.15) is 24.9 Å². The van der Waals surface area contributed by atoms with E-state index in [9.17, 15) is 0 Å². The van der Waals surface area contributed by atoms with Crippen molar-refractivity contribution >= 4 is 34.5 Å². The van der Waals surface area contributed by atoms with Gasteiger partial charge < -0.3 is 10.6 Å². The number of nitrogens with zero attached hydrogens (tertiary/aromatic N) is 1. The molecule has 0 fully saturated rings. The number of benzene rings is 2. The number of nitrogens with one attached hydrogen (secondary N) is 2. The lowest BCUT2D eigenvalue weighted by molar-refractivity contribution is 0.441. The Kier molecular flexibility index (Phi) is 4.54. The van der Waals surface area contributed by atoms with E-state index in [-0.39, 0.29) is 0 Å². The molecular weight excluding hydrogens is 346 g/mol. The van der Waals surface area contributed by atoms with Gasteiger partial charge in [0.25, 0.3) is 0 Å². The number of anilines is 2. The number of hydrogen-bond donors (Lipinski definition) is 2. The second kappa shape index (κ2) is 6.83. The van der Waals surface area contributed by atoms with Gasteiger partial charge in [-0.05, 0) is 37.2 Å². The molecule has 0 saturated carbocycles. The maximum atomic E-state index is 4.89. The number of fused-ring (bicyclic) bond motifs is 2. The first-order valence-corrected chi connectivity index (χ1v) is 10.2. The van der Waals surface area contributed by atoms with Gasteiger partial charge in [0.15, 0.2) is 0 Å². The van der Waals surface area contributed by atoms with E-state index in [0.717, 1.165) is 22.0 Å². The van der Waals surface area contributed by atoms with Crippen molar-refractivity contribution < 1.29 is 0 Å². The Hall–Kier alpha value is -1.82. The van der Waals surface area contributed by atoms with E-state index >= 15 is 0 Å². The lowest BCUT2D eigenvalue weighted by atomic mass is 10.1. The Balaban J connectivity index is 1.64. The molecule has 1 aliphatic heterocycles. The van der Waals surface area contributed by atoms with E-state index in [1.54, 1.807) is 11.3 Å². The van der Waals surface area contributed by atoms with Crippen LogP contribution in [-0.4, -0.2) is 12.0 Å². The van der Waals surface area contributed by atoms with E-state index < -0.39 is 0 Å².